The largest absolute Gasteiger partial charge is 0.462 e. The van der Waals surface area contributed by atoms with Gasteiger partial charge in [-0.3, -0.25) is 14.4 Å². The van der Waals surface area contributed by atoms with Gasteiger partial charge in [-0.05, 0) is 57.8 Å². The normalized spacial score (nSPS) is 12.4. The Bertz CT molecular complexity index is 980. The lowest BCUT2D eigenvalue weighted by atomic mass is 10.0. The van der Waals surface area contributed by atoms with Crippen molar-refractivity contribution in [3.8, 4) is 0 Å². The first-order valence-corrected chi connectivity index (χ1v) is 23.2. The van der Waals surface area contributed by atoms with E-state index in [1.54, 1.807) is 0 Å². The second-order valence-corrected chi connectivity index (χ2v) is 15.3. The predicted molar refractivity (Wildman–Crippen MR) is 233 cm³/mol. The molecule has 1 atom stereocenters. The van der Waals surface area contributed by atoms with Gasteiger partial charge in [-0.1, -0.05) is 198 Å². The molecule has 0 amide bonds. The van der Waals surface area contributed by atoms with E-state index in [0.717, 1.165) is 64.2 Å². The van der Waals surface area contributed by atoms with Crippen LogP contribution in [0.2, 0.25) is 0 Å². The van der Waals surface area contributed by atoms with Gasteiger partial charge >= 0.3 is 17.9 Å². The van der Waals surface area contributed by atoms with Crippen LogP contribution in [0.3, 0.4) is 0 Å². The van der Waals surface area contributed by atoms with Crippen molar-refractivity contribution in [1.82, 2.24) is 0 Å². The summed E-state index contributed by atoms with van der Waals surface area (Å²) in [6.45, 7) is 6.49. The number of carbonyl (C=O) groups excluding carboxylic acids is 3. The van der Waals surface area contributed by atoms with Gasteiger partial charge in [0.25, 0.3) is 0 Å². The molecule has 0 heterocycles. The van der Waals surface area contributed by atoms with E-state index in [4.69, 9.17) is 14.2 Å². The van der Waals surface area contributed by atoms with Crippen molar-refractivity contribution in [2.75, 3.05) is 13.2 Å². The highest BCUT2D eigenvalue weighted by molar-refractivity contribution is 5.71. The molecule has 318 valence electrons. The average Bonchev–Trinajstić information content (AvgIpc) is 3.18. The molecule has 0 aromatic rings. The summed E-state index contributed by atoms with van der Waals surface area (Å²) in [5.74, 6) is -0.997. The van der Waals surface area contributed by atoms with Crippen LogP contribution in [0.25, 0.3) is 0 Å². The van der Waals surface area contributed by atoms with E-state index in [-0.39, 0.29) is 37.5 Å². The third-order valence-corrected chi connectivity index (χ3v) is 9.85. The predicted octanol–water partition coefficient (Wildman–Crippen LogP) is 14.8. The molecule has 6 nitrogen and oxygen atoms in total. The number of esters is 3. The van der Waals surface area contributed by atoms with E-state index in [0.29, 0.717) is 19.3 Å². The molecule has 1 unspecified atom stereocenters. The van der Waals surface area contributed by atoms with Crippen molar-refractivity contribution in [2.24, 2.45) is 0 Å². The highest BCUT2D eigenvalue weighted by Crippen LogP contribution is 2.14. The summed E-state index contributed by atoms with van der Waals surface area (Å²) in [6.07, 6.45) is 51.0. The lowest BCUT2D eigenvalue weighted by molar-refractivity contribution is -0.166. The van der Waals surface area contributed by atoms with Gasteiger partial charge in [0.05, 0.1) is 0 Å². The van der Waals surface area contributed by atoms with Crippen LogP contribution in [0.5, 0.6) is 0 Å². The maximum Gasteiger partial charge on any atom is 0.306 e. The Morgan fingerprint density at radius 1 is 0.382 bits per heavy atom. The van der Waals surface area contributed by atoms with Crippen LogP contribution in [0, 0.1) is 0 Å². The Labute approximate surface area is 339 Å². The van der Waals surface area contributed by atoms with Crippen LogP contribution < -0.4 is 0 Å². The third kappa shape index (κ3) is 42.4. The van der Waals surface area contributed by atoms with Crippen LogP contribution in [-0.4, -0.2) is 37.2 Å². The molecule has 55 heavy (non-hydrogen) atoms. The van der Waals surface area contributed by atoms with E-state index in [9.17, 15) is 14.4 Å². The summed E-state index contributed by atoms with van der Waals surface area (Å²) < 4.78 is 16.6. The van der Waals surface area contributed by atoms with E-state index in [2.05, 4.69) is 63.3 Å². The molecule has 6 heteroatoms. The van der Waals surface area contributed by atoms with Crippen LogP contribution in [-0.2, 0) is 28.6 Å². The van der Waals surface area contributed by atoms with Crippen LogP contribution in [0.4, 0.5) is 0 Å². The van der Waals surface area contributed by atoms with Crippen LogP contribution in [0.1, 0.15) is 226 Å². The zero-order valence-electron chi connectivity index (χ0n) is 36.2. The van der Waals surface area contributed by atoms with Crippen molar-refractivity contribution in [3.05, 3.63) is 48.6 Å². The Morgan fingerprint density at radius 2 is 0.764 bits per heavy atom. The maximum atomic E-state index is 12.7. The molecular formula is C49H86O6. The van der Waals surface area contributed by atoms with Crippen molar-refractivity contribution < 1.29 is 28.6 Å². The molecule has 0 fully saturated rings. The van der Waals surface area contributed by atoms with Gasteiger partial charge in [-0.25, -0.2) is 0 Å². The number of hydrogen-bond acceptors (Lipinski definition) is 6. The molecule has 0 aliphatic carbocycles. The first-order chi connectivity index (χ1) is 27.0. The molecule has 0 radical (unpaired) electrons. The van der Waals surface area contributed by atoms with Crippen molar-refractivity contribution in [1.29, 1.82) is 0 Å². The molecular weight excluding hydrogens is 685 g/mol. The highest BCUT2D eigenvalue weighted by atomic mass is 16.6. The Kier molecular flexibility index (Phi) is 42.0. The van der Waals surface area contributed by atoms with Crippen LogP contribution in [0.15, 0.2) is 48.6 Å². The van der Waals surface area contributed by atoms with Gasteiger partial charge in [0.2, 0.25) is 0 Å². The summed E-state index contributed by atoms with van der Waals surface area (Å²) in [6, 6.07) is 0. The number of unbranched alkanes of at least 4 members (excludes halogenated alkanes) is 23. The maximum absolute atomic E-state index is 12.7. The van der Waals surface area contributed by atoms with E-state index in [1.807, 2.05) is 6.08 Å². The van der Waals surface area contributed by atoms with Gasteiger partial charge in [0.15, 0.2) is 6.10 Å². The highest BCUT2D eigenvalue weighted by Gasteiger charge is 2.19. The Morgan fingerprint density at radius 3 is 1.29 bits per heavy atom. The number of hydrogen-bond donors (Lipinski definition) is 0. The van der Waals surface area contributed by atoms with Gasteiger partial charge in [0, 0.05) is 19.3 Å². The standard InChI is InChI=1S/C49H86O6/c1-4-7-10-13-16-19-22-24-27-30-33-36-39-42-48(51)54-45-46(44-53-47(50)41-38-35-32-29-26-21-18-15-12-9-6-3)55-49(52)43-40-37-34-31-28-25-23-20-17-14-11-8-5-2/h15,18,21,24,26-27,33,36,46H,4-14,16-17,19-20,22-23,25,28-32,34-35,37-45H2,1-3H3/b18-15-,26-21-,27-24-,36-33-. The Hall–Kier alpha value is -2.63. The van der Waals surface area contributed by atoms with E-state index in [1.165, 1.54) is 116 Å². The number of ether oxygens (including phenoxy) is 3. The molecule has 0 aliphatic rings. The van der Waals surface area contributed by atoms with Gasteiger partial charge in [0.1, 0.15) is 13.2 Å². The van der Waals surface area contributed by atoms with Gasteiger partial charge in [-0.15, -0.1) is 0 Å². The fourth-order valence-electron chi connectivity index (χ4n) is 6.29. The summed E-state index contributed by atoms with van der Waals surface area (Å²) in [5.41, 5.74) is 0. The molecule has 0 N–H and O–H groups in total. The molecule has 0 saturated carbocycles. The quantitative estimate of drug-likeness (QED) is 0.0202. The first kappa shape index (κ1) is 52.4. The monoisotopic (exact) mass is 771 g/mol. The molecule has 0 aliphatic heterocycles. The minimum Gasteiger partial charge on any atom is -0.462 e. The van der Waals surface area contributed by atoms with Crippen molar-refractivity contribution in [2.45, 2.75) is 232 Å². The zero-order chi connectivity index (χ0) is 40.1. The zero-order valence-corrected chi connectivity index (χ0v) is 36.2. The SMILES string of the molecule is CCCC/C=C\C=C/CCCCCC(=O)OCC(COC(=O)CC/C=C\C/C=C\CCCCCCCC)OC(=O)CCCCCCCCCCCCCCC. The summed E-state index contributed by atoms with van der Waals surface area (Å²) in [7, 11) is 0. The molecule has 0 spiro atoms. The minimum atomic E-state index is -0.801. The smallest absolute Gasteiger partial charge is 0.306 e. The second-order valence-electron chi connectivity index (χ2n) is 15.3. The lowest BCUT2D eigenvalue weighted by Crippen LogP contribution is -2.30. The topological polar surface area (TPSA) is 78.9 Å². The number of allylic oxidation sites excluding steroid dienone is 8. The van der Waals surface area contributed by atoms with Crippen LogP contribution >= 0.6 is 0 Å². The summed E-state index contributed by atoms with van der Waals surface area (Å²) in [5, 5.41) is 0. The van der Waals surface area contributed by atoms with Crippen molar-refractivity contribution >= 4 is 17.9 Å². The summed E-state index contributed by atoms with van der Waals surface area (Å²) in [4.78, 5) is 37.7. The molecule has 0 rings (SSSR count). The van der Waals surface area contributed by atoms with Crippen molar-refractivity contribution in [3.63, 3.8) is 0 Å². The number of carbonyl (C=O) groups is 3. The fraction of sp³-hybridized carbons (Fsp3) is 0.776. The van der Waals surface area contributed by atoms with E-state index < -0.39 is 6.10 Å². The molecule has 0 saturated heterocycles. The Balaban J connectivity index is 4.47. The van der Waals surface area contributed by atoms with Gasteiger partial charge in [-0.2, -0.15) is 0 Å². The third-order valence-electron chi connectivity index (χ3n) is 9.85. The fourth-order valence-corrected chi connectivity index (χ4v) is 6.29. The molecule has 0 aromatic heterocycles. The average molecular weight is 771 g/mol. The van der Waals surface area contributed by atoms with E-state index >= 15 is 0 Å². The lowest BCUT2D eigenvalue weighted by Gasteiger charge is -2.18. The molecule has 0 aromatic carbocycles. The first-order valence-electron chi connectivity index (χ1n) is 23.2. The second kappa shape index (κ2) is 44.1. The minimum absolute atomic E-state index is 0.103. The van der Waals surface area contributed by atoms with Gasteiger partial charge < -0.3 is 14.2 Å². The molecule has 0 bridgehead atoms. The number of rotatable bonds is 41. The summed E-state index contributed by atoms with van der Waals surface area (Å²) >= 11 is 0.